The molecule has 0 unspecified atom stereocenters. The molecule has 12 heteroatoms. The Balaban J connectivity index is 1.96. The Bertz CT molecular complexity index is 1200. The van der Waals surface area contributed by atoms with Gasteiger partial charge in [-0.25, -0.2) is 13.2 Å². The zero-order valence-electron chi connectivity index (χ0n) is 20.1. The van der Waals surface area contributed by atoms with Gasteiger partial charge in [0, 0.05) is 28.7 Å². The van der Waals surface area contributed by atoms with E-state index in [1.807, 2.05) is 33.9 Å². The third-order valence-corrected chi connectivity index (χ3v) is 11.4. The molecular formula is C24H24F6O4SSi. The van der Waals surface area contributed by atoms with E-state index < -0.39 is 53.9 Å². The van der Waals surface area contributed by atoms with Crippen molar-refractivity contribution in [1.82, 2.24) is 0 Å². The fourth-order valence-corrected chi connectivity index (χ4v) is 5.41. The van der Waals surface area contributed by atoms with Crippen LogP contribution in [0.3, 0.4) is 0 Å². The van der Waals surface area contributed by atoms with E-state index in [0.29, 0.717) is 6.07 Å². The highest BCUT2D eigenvalue weighted by atomic mass is 32.2. The van der Waals surface area contributed by atoms with Crippen molar-refractivity contribution in [3.8, 4) is 11.5 Å². The minimum absolute atomic E-state index is 0.0729. The summed E-state index contributed by atoms with van der Waals surface area (Å²) in [7, 11) is -2.76. The fraction of sp³-hybridized carbons (Fsp3) is 0.417. The van der Waals surface area contributed by atoms with Gasteiger partial charge >= 0.3 is 5.51 Å². The van der Waals surface area contributed by atoms with Crippen LogP contribution in [-0.4, -0.2) is 27.0 Å². The molecule has 1 fully saturated rings. The Kier molecular flexibility index (Phi) is 6.72. The van der Waals surface area contributed by atoms with Gasteiger partial charge < -0.3 is 18.6 Å². The lowest BCUT2D eigenvalue weighted by Gasteiger charge is -2.37. The van der Waals surface area contributed by atoms with E-state index in [1.165, 1.54) is 6.07 Å². The first-order chi connectivity index (χ1) is 16.5. The monoisotopic (exact) mass is 550 g/mol. The minimum Gasteiger partial charge on any atom is -0.541 e. The molecule has 0 aromatic heterocycles. The molecule has 4 rings (SSSR count). The molecule has 1 saturated heterocycles. The van der Waals surface area contributed by atoms with Crippen LogP contribution in [0.4, 0.5) is 26.3 Å². The molecular weight excluding hydrogens is 526 g/mol. The summed E-state index contributed by atoms with van der Waals surface area (Å²) in [5.74, 6) is -5.95. The topological polar surface area (TPSA) is 36.9 Å². The Morgan fingerprint density at radius 3 is 2.06 bits per heavy atom. The molecule has 1 spiro atoms. The number of thioether (sulfide) groups is 1. The molecule has 2 aliphatic rings. The highest BCUT2D eigenvalue weighted by molar-refractivity contribution is 8.00. The van der Waals surface area contributed by atoms with Crippen molar-refractivity contribution in [1.29, 1.82) is 0 Å². The van der Waals surface area contributed by atoms with Crippen molar-refractivity contribution in [3.05, 3.63) is 58.9 Å². The van der Waals surface area contributed by atoms with E-state index in [4.69, 9.17) is 18.6 Å². The van der Waals surface area contributed by atoms with E-state index in [9.17, 15) is 22.0 Å². The second kappa shape index (κ2) is 9.00. The van der Waals surface area contributed by atoms with Gasteiger partial charge in [-0.15, -0.1) is 0 Å². The summed E-state index contributed by atoms with van der Waals surface area (Å²) < 4.78 is 107. The van der Waals surface area contributed by atoms with E-state index >= 15 is 4.39 Å². The number of ether oxygens (including phenoxy) is 3. The van der Waals surface area contributed by atoms with E-state index in [-0.39, 0.29) is 46.5 Å². The number of hydrogen-bond acceptors (Lipinski definition) is 5. The van der Waals surface area contributed by atoms with Gasteiger partial charge in [0.2, 0.25) is 5.83 Å². The van der Waals surface area contributed by atoms with E-state index in [0.717, 1.165) is 18.2 Å². The Hall–Kier alpha value is -2.15. The second-order valence-electron chi connectivity index (χ2n) is 9.89. The second-order valence-corrected chi connectivity index (χ2v) is 15.7. The fourth-order valence-electron chi connectivity index (χ4n) is 3.68. The Morgan fingerprint density at radius 1 is 0.944 bits per heavy atom. The van der Waals surface area contributed by atoms with Crippen LogP contribution in [0.2, 0.25) is 18.1 Å². The normalized spacial score (nSPS) is 17.6. The summed E-state index contributed by atoms with van der Waals surface area (Å²) in [4.78, 5) is -0.374. The van der Waals surface area contributed by atoms with Crippen molar-refractivity contribution in [2.45, 2.75) is 55.1 Å². The molecule has 0 N–H and O–H groups in total. The summed E-state index contributed by atoms with van der Waals surface area (Å²) in [5, 5.41) is -0.404. The van der Waals surface area contributed by atoms with Crippen LogP contribution in [0.15, 0.2) is 41.1 Å². The zero-order chi connectivity index (χ0) is 26.7. The number of halogens is 6. The predicted molar refractivity (Wildman–Crippen MR) is 125 cm³/mol. The molecule has 0 bridgehead atoms. The third-order valence-electron chi connectivity index (χ3n) is 6.32. The van der Waals surface area contributed by atoms with Crippen LogP contribution in [0.5, 0.6) is 11.5 Å². The zero-order valence-corrected chi connectivity index (χ0v) is 21.9. The highest BCUT2D eigenvalue weighted by Crippen LogP contribution is 2.59. The summed E-state index contributed by atoms with van der Waals surface area (Å²) in [5.41, 5.74) is -5.12. The lowest BCUT2D eigenvalue weighted by molar-refractivity contribution is -0.146. The Morgan fingerprint density at radius 2 is 1.53 bits per heavy atom. The van der Waals surface area contributed by atoms with Crippen LogP contribution < -0.4 is 4.74 Å². The molecule has 2 aromatic carbocycles. The smallest absolute Gasteiger partial charge is 0.446 e. The van der Waals surface area contributed by atoms with Crippen LogP contribution >= 0.6 is 11.8 Å². The number of benzene rings is 2. The molecule has 0 saturated carbocycles. The van der Waals surface area contributed by atoms with Gasteiger partial charge in [0.1, 0.15) is 23.1 Å². The molecule has 1 aliphatic carbocycles. The molecule has 0 radical (unpaired) electrons. The van der Waals surface area contributed by atoms with E-state index in [2.05, 4.69) is 0 Å². The summed E-state index contributed by atoms with van der Waals surface area (Å²) >= 11 is -0.459. The average Bonchev–Trinajstić information content (AvgIpc) is 3.28. The molecule has 0 atom stereocenters. The third kappa shape index (κ3) is 4.87. The van der Waals surface area contributed by atoms with Crippen LogP contribution in [0, 0.1) is 11.6 Å². The predicted octanol–water partition coefficient (Wildman–Crippen LogP) is 8.24. The molecule has 1 heterocycles. The maximum Gasteiger partial charge on any atom is 0.446 e. The molecule has 196 valence electrons. The van der Waals surface area contributed by atoms with Gasteiger partial charge in [-0.1, -0.05) is 20.8 Å². The van der Waals surface area contributed by atoms with Gasteiger partial charge in [0.25, 0.3) is 14.1 Å². The number of rotatable bonds is 5. The first-order valence-electron chi connectivity index (χ1n) is 11.0. The molecule has 1 aliphatic heterocycles. The first kappa shape index (κ1) is 26.9. The summed E-state index contributed by atoms with van der Waals surface area (Å²) in [6.07, 6.45) is 0. The van der Waals surface area contributed by atoms with Gasteiger partial charge in [0.05, 0.1) is 18.8 Å². The number of fused-ring (bicyclic) bond motifs is 2. The van der Waals surface area contributed by atoms with Crippen molar-refractivity contribution < 1.29 is 45.0 Å². The number of hydrogen-bond donors (Lipinski definition) is 0. The highest BCUT2D eigenvalue weighted by Gasteiger charge is 2.57. The minimum atomic E-state index is -4.71. The average molecular weight is 551 g/mol. The summed E-state index contributed by atoms with van der Waals surface area (Å²) in [6, 6.07) is 4.69. The number of alkyl halides is 3. The van der Waals surface area contributed by atoms with Gasteiger partial charge in [-0.2, -0.15) is 13.2 Å². The lowest BCUT2D eigenvalue weighted by Crippen LogP contribution is -2.40. The standard InChI is InChI=1S/C24H24F6O4SSi/c1-22(2,3)36(4,5)34-20-18-16(33-15-11-13(25)10-14(26)12-15)6-7-17(35-24(28,29)30)19(18)23(21(20)27)31-8-9-32-23/h6-7,10-12H,8-9H2,1-5H3. The van der Waals surface area contributed by atoms with Crippen molar-refractivity contribution >= 4 is 25.8 Å². The molecule has 0 amide bonds. The van der Waals surface area contributed by atoms with Crippen LogP contribution in [0.25, 0.3) is 5.76 Å². The first-order valence-corrected chi connectivity index (χ1v) is 14.7. The van der Waals surface area contributed by atoms with Crippen molar-refractivity contribution in [2.75, 3.05) is 13.2 Å². The van der Waals surface area contributed by atoms with Gasteiger partial charge in [-0.3, -0.25) is 0 Å². The van der Waals surface area contributed by atoms with Crippen LogP contribution in [-0.2, 0) is 19.7 Å². The maximum absolute atomic E-state index is 16.2. The quantitative estimate of drug-likeness (QED) is 0.213. The van der Waals surface area contributed by atoms with Gasteiger partial charge in [0.15, 0.2) is 5.76 Å². The SMILES string of the molecule is CC(C)(C)[Si](C)(C)OC1=C(F)C2(OCCO2)c2c(SC(F)(F)F)ccc(Oc3cc(F)cc(F)c3)c21. The van der Waals surface area contributed by atoms with Crippen LogP contribution in [0.1, 0.15) is 31.9 Å². The lowest BCUT2D eigenvalue weighted by atomic mass is 10.0. The van der Waals surface area contributed by atoms with Crippen molar-refractivity contribution in [3.63, 3.8) is 0 Å². The van der Waals surface area contributed by atoms with Crippen molar-refractivity contribution in [2.24, 2.45) is 0 Å². The van der Waals surface area contributed by atoms with Gasteiger partial charge in [-0.05, 0) is 42.0 Å². The molecule has 2 aromatic rings. The molecule has 36 heavy (non-hydrogen) atoms. The maximum atomic E-state index is 16.2. The summed E-state index contributed by atoms with van der Waals surface area (Å²) in [6.45, 7) is 9.27. The molecule has 4 nitrogen and oxygen atoms in total. The largest absolute Gasteiger partial charge is 0.541 e. The Labute approximate surface area is 209 Å². The van der Waals surface area contributed by atoms with E-state index in [1.54, 1.807) is 0 Å².